The number of carbonyl (C=O) groups is 1. The minimum absolute atomic E-state index is 0.0448. The molecule has 8 heteroatoms. The molecule has 1 unspecified atom stereocenters. The molecule has 0 saturated heterocycles. The molecule has 21 heavy (non-hydrogen) atoms. The molecule has 0 heterocycles. The average Bonchev–Trinajstić information content (AvgIpc) is 2.42. The number of hydrogen-bond acceptors (Lipinski definition) is 5. The number of nitrogens with one attached hydrogen (secondary N) is 1. The van der Waals surface area contributed by atoms with Gasteiger partial charge in [0.2, 0.25) is 5.91 Å². The molecule has 0 bridgehead atoms. The maximum absolute atomic E-state index is 11.3. The predicted molar refractivity (Wildman–Crippen MR) is 82.2 cm³/mol. The van der Waals surface area contributed by atoms with Crippen LogP contribution in [0.15, 0.2) is 22.7 Å². The molecule has 1 rings (SSSR count). The van der Waals surface area contributed by atoms with E-state index in [1.54, 1.807) is 20.0 Å². The van der Waals surface area contributed by atoms with E-state index >= 15 is 0 Å². The first-order valence-corrected chi connectivity index (χ1v) is 7.14. The topological polar surface area (TPSA) is 107 Å². The Balaban J connectivity index is 2.57. The number of nitro benzene ring substituents is 1. The predicted octanol–water partition coefficient (Wildman–Crippen LogP) is 1.98. The summed E-state index contributed by atoms with van der Waals surface area (Å²) in [5.74, 6) is -0.0237. The zero-order chi connectivity index (χ0) is 16.0. The number of nitrogens with zero attached hydrogens (tertiary/aromatic N) is 1. The molecule has 0 aliphatic rings. The van der Waals surface area contributed by atoms with Gasteiger partial charge in [-0.1, -0.05) is 15.9 Å². The summed E-state index contributed by atoms with van der Waals surface area (Å²) in [6.07, 6.45) is 1.09. The molecule has 0 aromatic heterocycles. The standard InChI is InChI=1S/C13H18BrN3O4/c1-13(16-2,12(15)18)4-3-5-21-11-7-9(14)6-10(8-11)17(19)20/h6-8,16H,3-5H2,1-2H3,(H2,15,18). The first-order valence-electron chi connectivity index (χ1n) is 6.35. The molecule has 0 aliphatic carbocycles. The third kappa shape index (κ3) is 4.98. The number of non-ortho nitro benzene ring substituents is 1. The van der Waals surface area contributed by atoms with Gasteiger partial charge in [0.05, 0.1) is 23.1 Å². The number of nitrogens with two attached hydrogens (primary N) is 1. The zero-order valence-electron chi connectivity index (χ0n) is 11.9. The van der Waals surface area contributed by atoms with Crippen LogP contribution in [0.4, 0.5) is 5.69 Å². The van der Waals surface area contributed by atoms with Crippen molar-refractivity contribution in [1.82, 2.24) is 5.32 Å². The first kappa shape index (κ1) is 17.4. The smallest absolute Gasteiger partial charge is 0.274 e. The van der Waals surface area contributed by atoms with Gasteiger partial charge in [0.1, 0.15) is 5.75 Å². The van der Waals surface area contributed by atoms with Gasteiger partial charge in [-0.3, -0.25) is 14.9 Å². The van der Waals surface area contributed by atoms with Crippen molar-refractivity contribution in [3.05, 3.63) is 32.8 Å². The number of amides is 1. The lowest BCUT2D eigenvalue weighted by molar-refractivity contribution is -0.385. The molecule has 3 N–H and O–H groups in total. The molecule has 7 nitrogen and oxygen atoms in total. The highest BCUT2D eigenvalue weighted by molar-refractivity contribution is 9.10. The van der Waals surface area contributed by atoms with Crippen LogP contribution in [0.3, 0.4) is 0 Å². The van der Waals surface area contributed by atoms with Gasteiger partial charge in [0, 0.05) is 10.5 Å². The average molecular weight is 360 g/mol. The van der Waals surface area contributed by atoms with Crippen molar-refractivity contribution in [1.29, 1.82) is 0 Å². The van der Waals surface area contributed by atoms with E-state index in [1.165, 1.54) is 12.1 Å². The Morgan fingerprint density at radius 1 is 1.52 bits per heavy atom. The molecule has 116 valence electrons. The van der Waals surface area contributed by atoms with E-state index in [0.29, 0.717) is 29.7 Å². The minimum atomic E-state index is -0.785. The lowest BCUT2D eigenvalue weighted by Crippen LogP contribution is -2.51. The lowest BCUT2D eigenvalue weighted by atomic mass is 9.95. The van der Waals surface area contributed by atoms with Gasteiger partial charge in [-0.2, -0.15) is 0 Å². The molecule has 0 radical (unpaired) electrons. The van der Waals surface area contributed by atoms with Gasteiger partial charge in [-0.15, -0.1) is 0 Å². The van der Waals surface area contributed by atoms with E-state index in [4.69, 9.17) is 10.5 Å². The molecule has 0 saturated carbocycles. The normalized spacial score (nSPS) is 13.5. The fourth-order valence-corrected chi connectivity index (χ4v) is 2.18. The van der Waals surface area contributed by atoms with Crippen molar-refractivity contribution >= 4 is 27.5 Å². The van der Waals surface area contributed by atoms with Crippen molar-refractivity contribution in [3.8, 4) is 5.75 Å². The molecule has 1 aromatic carbocycles. The van der Waals surface area contributed by atoms with Crippen LogP contribution in [0.2, 0.25) is 0 Å². The maximum Gasteiger partial charge on any atom is 0.274 e. The number of ether oxygens (including phenoxy) is 1. The summed E-state index contributed by atoms with van der Waals surface area (Å²) in [5.41, 5.74) is 4.49. The molecule has 0 spiro atoms. The summed E-state index contributed by atoms with van der Waals surface area (Å²) in [6.45, 7) is 2.05. The summed E-state index contributed by atoms with van der Waals surface area (Å²) in [4.78, 5) is 21.6. The van der Waals surface area contributed by atoms with Crippen LogP contribution in [-0.4, -0.2) is 30.0 Å². The number of hydrogen-bond donors (Lipinski definition) is 2. The highest BCUT2D eigenvalue weighted by atomic mass is 79.9. The van der Waals surface area contributed by atoms with Crippen LogP contribution in [0, 0.1) is 10.1 Å². The fourth-order valence-electron chi connectivity index (χ4n) is 1.72. The number of benzene rings is 1. The monoisotopic (exact) mass is 359 g/mol. The second-order valence-corrected chi connectivity index (χ2v) is 5.72. The van der Waals surface area contributed by atoms with Crippen LogP contribution in [-0.2, 0) is 4.79 Å². The Hall–Kier alpha value is -1.67. The lowest BCUT2D eigenvalue weighted by Gasteiger charge is -2.25. The number of halogens is 1. The molecule has 1 aromatic rings. The highest BCUT2D eigenvalue weighted by Gasteiger charge is 2.28. The van der Waals surface area contributed by atoms with Crippen LogP contribution in [0.25, 0.3) is 0 Å². The van der Waals surface area contributed by atoms with E-state index in [1.807, 2.05) is 0 Å². The second kappa shape index (κ2) is 7.37. The summed E-state index contributed by atoms with van der Waals surface area (Å²) in [6, 6.07) is 4.41. The van der Waals surface area contributed by atoms with Crippen molar-refractivity contribution in [2.75, 3.05) is 13.7 Å². The fraction of sp³-hybridized carbons (Fsp3) is 0.462. The molecule has 0 fully saturated rings. The second-order valence-electron chi connectivity index (χ2n) is 4.80. The van der Waals surface area contributed by atoms with Crippen LogP contribution >= 0.6 is 15.9 Å². The maximum atomic E-state index is 11.3. The van der Waals surface area contributed by atoms with E-state index in [-0.39, 0.29) is 5.69 Å². The van der Waals surface area contributed by atoms with Crippen molar-refractivity contribution in [2.24, 2.45) is 5.73 Å². The third-order valence-corrected chi connectivity index (χ3v) is 3.71. The minimum Gasteiger partial charge on any atom is -0.493 e. The van der Waals surface area contributed by atoms with Crippen LogP contribution in [0.1, 0.15) is 19.8 Å². The molecule has 1 amide bonds. The Morgan fingerprint density at radius 2 is 2.19 bits per heavy atom. The van der Waals surface area contributed by atoms with E-state index in [9.17, 15) is 14.9 Å². The number of rotatable bonds is 8. The molecular weight excluding hydrogens is 342 g/mol. The summed E-state index contributed by atoms with van der Waals surface area (Å²) < 4.78 is 6.06. The SMILES string of the molecule is CNC(C)(CCCOc1cc(Br)cc([N+](=O)[O-])c1)C(N)=O. The first-order chi connectivity index (χ1) is 9.78. The quantitative estimate of drug-likeness (QED) is 0.419. The van der Waals surface area contributed by atoms with Gasteiger partial charge in [-0.25, -0.2) is 0 Å². The van der Waals surface area contributed by atoms with Crippen molar-refractivity contribution < 1.29 is 14.5 Å². The molecule has 1 atom stereocenters. The number of likely N-dealkylation sites (N-methyl/N-ethyl adjacent to an activating group) is 1. The molecule has 0 aliphatic heterocycles. The summed E-state index contributed by atoms with van der Waals surface area (Å²) >= 11 is 3.20. The summed E-state index contributed by atoms with van der Waals surface area (Å²) in [7, 11) is 1.67. The summed E-state index contributed by atoms with van der Waals surface area (Å²) in [5, 5.41) is 13.6. The zero-order valence-corrected chi connectivity index (χ0v) is 13.5. The van der Waals surface area contributed by atoms with Crippen molar-refractivity contribution in [2.45, 2.75) is 25.3 Å². The van der Waals surface area contributed by atoms with Crippen LogP contribution in [0.5, 0.6) is 5.75 Å². The van der Waals surface area contributed by atoms with Gasteiger partial charge in [0.15, 0.2) is 0 Å². The van der Waals surface area contributed by atoms with Crippen molar-refractivity contribution in [3.63, 3.8) is 0 Å². The van der Waals surface area contributed by atoms with Gasteiger partial charge in [0.25, 0.3) is 5.69 Å². The van der Waals surface area contributed by atoms with E-state index in [2.05, 4.69) is 21.2 Å². The Bertz CT molecular complexity index is 538. The van der Waals surface area contributed by atoms with Gasteiger partial charge >= 0.3 is 0 Å². The molecular formula is C13H18BrN3O4. The Kier molecular flexibility index (Phi) is 6.10. The Labute approximate surface area is 131 Å². The third-order valence-electron chi connectivity index (χ3n) is 3.25. The van der Waals surface area contributed by atoms with E-state index < -0.39 is 16.4 Å². The largest absolute Gasteiger partial charge is 0.493 e. The number of nitro groups is 1. The number of primary amides is 1. The Morgan fingerprint density at radius 3 is 2.71 bits per heavy atom. The van der Waals surface area contributed by atoms with Gasteiger partial charge in [-0.05, 0) is 32.9 Å². The van der Waals surface area contributed by atoms with E-state index in [0.717, 1.165) is 0 Å². The highest BCUT2D eigenvalue weighted by Crippen LogP contribution is 2.26. The number of carbonyl (C=O) groups excluding carboxylic acids is 1. The van der Waals surface area contributed by atoms with Gasteiger partial charge < -0.3 is 15.8 Å². The van der Waals surface area contributed by atoms with Crippen LogP contribution < -0.4 is 15.8 Å².